The van der Waals surface area contributed by atoms with E-state index in [-0.39, 0.29) is 0 Å². The number of aromatic nitrogens is 3. The maximum absolute atomic E-state index is 9.54. The lowest BCUT2D eigenvalue weighted by molar-refractivity contribution is 0.900. The molecule has 7 heteroatoms. The van der Waals surface area contributed by atoms with Crippen LogP contribution in [0.2, 0.25) is 0 Å². The van der Waals surface area contributed by atoms with Crippen molar-refractivity contribution in [3.8, 4) is 12.1 Å². The van der Waals surface area contributed by atoms with Crippen molar-refractivity contribution < 1.29 is 0 Å². The number of benzene rings is 1. The van der Waals surface area contributed by atoms with Gasteiger partial charge in [0, 0.05) is 11.8 Å². The zero-order valence-electron chi connectivity index (χ0n) is 12.5. The van der Waals surface area contributed by atoms with Crippen LogP contribution in [-0.4, -0.2) is 20.9 Å². The molecule has 2 aromatic heterocycles. The van der Waals surface area contributed by atoms with E-state index in [4.69, 9.17) is 5.26 Å². The van der Waals surface area contributed by atoms with Crippen molar-refractivity contribution in [1.29, 1.82) is 10.5 Å². The molecule has 0 aliphatic carbocycles. The summed E-state index contributed by atoms with van der Waals surface area (Å²) in [6.07, 6.45) is 1.88. The molecular formula is C16H12N6S. The van der Waals surface area contributed by atoms with Gasteiger partial charge in [-0.3, -0.25) is 0 Å². The Morgan fingerprint density at radius 3 is 2.74 bits per heavy atom. The fourth-order valence-corrected chi connectivity index (χ4v) is 2.80. The van der Waals surface area contributed by atoms with E-state index in [1.165, 1.54) is 11.8 Å². The molecule has 0 amide bonds. The number of hydrogen-bond acceptors (Lipinski definition) is 6. The molecule has 0 fully saturated rings. The SMILES string of the molecule is CSc1nc2cc(C)nn2c(Nc2cccc(C#N)c2)c1C#N. The molecule has 23 heavy (non-hydrogen) atoms. The topological polar surface area (TPSA) is 89.8 Å². The summed E-state index contributed by atoms with van der Waals surface area (Å²) in [5, 5.41) is 26.8. The van der Waals surface area contributed by atoms with Crippen LogP contribution in [0.4, 0.5) is 11.5 Å². The van der Waals surface area contributed by atoms with E-state index >= 15 is 0 Å². The fraction of sp³-hybridized carbons (Fsp3) is 0.125. The van der Waals surface area contributed by atoms with Gasteiger partial charge in [0.25, 0.3) is 0 Å². The van der Waals surface area contributed by atoms with E-state index in [0.29, 0.717) is 33.3 Å². The number of aryl methyl sites for hydroxylation is 1. The van der Waals surface area contributed by atoms with Gasteiger partial charge in [-0.1, -0.05) is 6.07 Å². The monoisotopic (exact) mass is 320 g/mol. The molecule has 3 aromatic rings. The molecule has 0 spiro atoms. The van der Waals surface area contributed by atoms with Gasteiger partial charge in [-0.25, -0.2) is 4.98 Å². The molecule has 0 aliphatic heterocycles. The number of nitrogens with zero attached hydrogens (tertiary/aromatic N) is 5. The largest absolute Gasteiger partial charge is 0.339 e. The predicted molar refractivity (Wildman–Crippen MR) is 88.7 cm³/mol. The third kappa shape index (κ3) is 2.70. The van der Waals surface area contributed by atoms with Gasteiger partial charge in [-0.15, -0.1) is 11.8 Å². The maximum Gasteiger partial charge on any atom is 0.158 e. The van der Waals surface area contributed by atoms with Crippen molar-refractivity contribution in [2.75, 3.05) is 11.6 Å². The summed E-state index contributed by atoms with van der Waals surface area (Å²) in [6, 6.07) is 13.2. The Balaban J connectivity index is 2.22. The molecule has 0 aliphatic rings. The zero-order valence-corrected chi connectivity index (χ0v) is 13.3. The van der Waals surface area contributed by atoms with Crippen LogP contribution in [0, 0.1) is 29.6 Å². The first-order chi connectivity index (χ1) is 11.2. The molecule has 3 rings (SSSR count). The smallest absolute Gasteiger partial charge is 0.158 e. The number of thioether (sulfide) groups is 1. The average molecular weight is 320 g/mol. The highest BCUT2D eigenvalue weighted by Crippen LogP contribution is 2.28. The highest BCUT2D eigenvalue weighted by molar-refractivity contribution is 7.98. The van der Waals surface area contributed by atoms with E-state index in [9.17, 15) is 5.26 Å². The third-order valence-corrected chi connectivity index (χ3v) is 3.93. The molecular weight excluding hydrogens is 308 g/mol. The molecule has 0 unspecified atom stereocenters. The first-order valence-electron chi connectivity index (χ1n) is 6.78. The summed E-state index contributed by atoms with van der Waals surface area (Å²) in [5.41, 5.74) is 3.17. The number of fused-ring (bicyclic) bond motifs is 1. The second kappa shape index (κ2) is 5.99. The first kappa shape index (κ1) is 14.9. The number of nitrogens with one attached hydrogen (secondary N) is 1. The third-order valence-electron chi connectivity index (χ3n) is 3.25. The zero-order chi connectivity index (χ0) is 16.4. The normalized spacial score (nSPS) is 10.3. The van der Waals surface area contributed by atoms with E-state index in [1.54, 1.807) is 22.7 Å². The van der Waals surface area contributed by atoms with Crippen molar-refractivity contribution in [1.82, 2.24) is 14.6 Å². The highest BCUT2D eigenvalue weighted by atomic mass is 32.2. The Hall–Kier alpha value is -3.03. The van der Waals surface area contributed by atoms with Crippen molar-refractivity contribution in [3.05, 3.63) is 47.2 Å². The number of anilines is 2. The second-order valence-corrected chi connectivity index (χ2v) is 5.62. The van der Waals surface area contributed by atoms with Gasteiger partial charge in [0.15, 0.2) is 11.5 Å². The first-order valence-corrected chi connectivity index (χ1v) is 8.00. The Morgan fingerprint density at radius 2 is 2.04 bits per heavy atom. The van der Waals surface area contributed by atoms with E-state index < -0.39 is 0 Å². The Labute approximate surface area is 137 Å². The van der Waals surface area contributed by atoms with Crippen molar-refractivity contribution in [3.63, 3.8) is 0 Å². The fourth-order valence-electron chi connectivity index (χ4n) is 2.26. The summed E-state index contributed by atoms with van der Waals surface area (Å²) in [7, 11) is 0. The van der Waals surface area contributed by atoms with Crippen LogP contribution in [0.15, 0.2) is 35.4 Å². The van der Waals surface area contributed by atoms with Crippen LogP contribution in [0.1, 0.15) is 16.8 Å². The molecule has 112 valence electrons. The molecule has 0 bridgehead atoms. The summed E-state index contributed by atoms with van der Waals surface area (Å²) in [5.74, 6) is 0.546. The molecule has 0 saturated carbocycles. The quantitative estimate of drug-likeness (QED) is 0.588. The van der Waals surface area contributed by atoms with Crippen LogP contribution >= 0.6 is 11.8 Å². The summed E-state index contributed by atoms with van der Waals surface area (Å²) in [4.78, 5) is 4.47. The van der Waals surface area contributed by atoms with Crippen LogP contribution in [0.5, 0.6) is 0 Å². The van der Waals surface area contributed by atoms with E-state index in [0.717, 1.165) is 5.69 Å². The summed E-state index contributed by atoms with van der Waals surface area (Å²) >= 11 is 1.41. The van der Waals surface area contributed by atoms with Gasteiger partial charge >= 0.3 is 0 Å². The lowest BCUT2D eigenvalue weighted by Gasteiger charge is -2.12. The Kier molecular flexibility index (Phi) is 3.88. The lowest BCUT2D eigenvalue weighted by Crippen LogP contribution is -2.06. The van der Waals surface area contributed by atoms with Crippen LogP contribution in [0.25, 0.3) is 5.65 Å². The van der Waals surface area contributed by atoms with Gasteiger partial charge in [0.1, 0.15) is 16.7 Å². The average Bonchev–Trinajstić information content (AvgIpc) is 2.94. The minimum Gasteiger partial charge on any atom is -0.339 e. The lowest BCUT2D eigenvalue weighted by atomic mass is 10.2. The van der Waals surface area contributed by atoms with E-state index in [2.05, 4.69) is 27.5 Å². The molecule has 1 N–H and O–H groups in total. The van der Waals surface area contributed by atoms with Crippen LogP contribution in [0.3, 0.4) is 0 Å². The minimum atomic E-state index is 0.426. The molecule has 0 atom stereocenters. The minimum absolute atomic E-state index is 0.426. The van der Waals surface area contributed by atoms with E-state index in [1.807, 2.05) is 25.3 Å². The molecule has 6 nitrogen and oxygen atoms in total. The Morgan fingerprint density at radius 1 is 1.22 bits per heavy atom. The van der Waals surface area contributed by atoms with Gasteiger partial charge in [0.2, 0.25) is 0 Å². The van der Waals surface area contributed by atoms with Crippen molar-refractivity contribution in [2.45, 2.75) is 11.9 Å². The summed E-state index contributed by atoms with van der Waals surface area (Å²) in [6.45, 7) is 1.87. The summed E-state index contributed by atoms with van der Waals surface area (Å²) < 4.78 is 1.62. The molecule has 0 saturated heterocycles. The number of rotatable bonds is 3. The highest BCUT2D eigenvalue weighted by Gasteiger charge is 2.16. The van der Waals surface area contributed by atoms with Crippen LogP contribution < -0.4 is 5.32 Å². The molecule has 2 heterocycles. The van der Waals surface area contributed by atoms with Gasteiger partial charge in [-0.05, 0) is 31.4 Å². The number of nitriles is 2. The predicted octanol–water partition coefficient (Wildman–Crippen LogP) is 3.25. The van der Waals surface area contributed by atoms with Gasteiger partial charge < -0.3 is 5.32 Å². The molecule has 0 radical (unpaired) electrons. The standard InChI is InChI=1S/C16H12N6S/c1-10-6-14-20-16(23-2)13(9-18)15(22(14)21-10)19-12-5-3-4-11(7-12)8-17/h3-7,19H,1-2H3. The Bertz CT molecular complexity index is 977. The van der Waals surface area contributed by atoms with Gasteiger partial charge in [0.05, 0.1) is 17.3 Å². The maximum atomic E-state index is 9.54. The van der Waals surface area contributed by atoms with Gasteiger partial charge in [-0.2, -0.15) is 20.1 Å². The molecule has 1 aromatic carbocycles. The van der Waals surface area contributed by atoms with Crippen molar-refractivity contribution >= 4 is 28.9 Å². The second-order valence-electron chi connectivity index (χ2n) is 4.83. The van der Waals surface area contributed by atoms with Crippen molar-refractivity contribution in [2.24, 2.45) is 0 Å². The number of hydrogen-bond donors (Lipinski definition) is 1. The van der Waals surface area contributed by atoms with Crippen LogP contribution in [-0.2, 0) is 0 Å².